The maximum absolute atomic E-state index is 6.15. The first-order valence-electron chi connectivity index (χ1n) is 10.1. The molecule has 0 unspecified atom stereocenters. The van der Waals surface area contributed by atoms with Gasteiger partial charge in [0.2, 0.25) is 0 Å². The second kappa shape index (κ2) is 9.65. The molecule has 2 aromatic rings. The van der Waals surface area contributed by atoms with E-state index in [9.17, 15) is 0 Å². The highest BCUT2D eigenvalue weighted by Crippen LogP contribution is 2.36. The molecule has 2 N–H and O–H groups in total. The van der Waals surface area contributed by atoms with E-state index in [1.165, 1.54) is 29.5 Å². The molecule has 1 aliphatic rings. The van der Waals surface area contributed by atoms with Crippen LogP contribution < -0.4 is 15.2 Å². The fourth-order valence-corrected chi connectivity index (χ4v) is 3.67. The van der Waals surface area contributed by atoms with Crippen molar-refractivity contribution in [3.05, 3.63) is 53.1 Å². The maximum atomic E-state index is 6.15. The van der Waals surface area contributed by atoms with E-state index in [4.69, 9.17) is 15.2 Å². The van der Waals surface area contributed by atoms with Crippen LogP contribution >= 0.6 is 0 Å². The van der Waals surface area contributed by atoms with Gasteiger partial charge in [-0.25, -0.2) is 0 Å². The van der Waals surface area contributed by atoms with Crippen LogP contribution in [0.2, 0.25) is 0 Å². The van der Waals surface area contributed by atoms with E-state index in [-0.39, 0.29) is 0 Å². The van der Waals surface area contributed by atoms with Crippen molar-refractivity contribution >= 4 is 5.69 Å². The van der Waals surface area contributed by atoms with Crippen LogP contribution in [0, 0.1) is 0 Å². The van der Waals surface area contributed by atoms with Crippen LogP contribution in [0.25, 0.3) is 0 Å². The molecule has 0 radical (unpaired) electrons. The minimum Gasteiger partial charge on any atom is -0.493 e. The summed E-state index contributed by atoms with van der Waals surface area (Å²) >= 11 is 0. The smallest absolute Gasteiger partial charge is 0.164 e. The van der Waals surface area contributed by atoms with E-state index in [1.807, 2.05) is 12.1 Å². The molecule has 0 aliphatic carbocycles. The molecule has 0 saturated heterocycles. The molecule has 0 bridgehead atoms. The highest BCUT2D eigenvalue weighted by Gasteiger charge is 2.22. The van der Waals surface area contributed by atoms with E-state index >= 15 is 0 Å². The lowest BCUT2D eigenvalue weighted by Crippen LogP contribution is -2.32. The van der Waals surface area contributed by atoms with Crippen LogP contribution in [0.4, 0.5) is 5.69 Å². The minimum absolute atomic E-state index is 0.765. The van der Waals surface area contributed by atoms with Crippen molar-refractivity contribution in [1.82, 2.24) is 4.90 Å². The second-order valence-corrected chi connectivity index (χ2v) is 7.31. The Bertz CT molecular complexity index is 728. The van der Waals surface area contributed by atoms with Gasteiger partial charge in [-0.2, -0.15) is 0 Å². The summed E-state index contributed by atoms with van der Waals surface area (Å²) in [5, 5.41) is 0. The SMILES string of the molecule is CCCCCOc1c(OC)ccc2c1CCN(CCc1ccc(N)cc1)C2. The Labute approximate surface area is 163 Å². The third-order valence-electron chi connectivity index (χ3n) is 5.30. The Morgan fingerprint density at radius 3 is 2.63 bits per heavy atom. The van der Waals surface area contributed by atoms with E-state index < -0.39 is 0 Å². The molecule has 27 heavy (non-hydrogen) atoms. The van der Waals surface area contributed by atoms with Gasteiger partial charge in [-0.3, -0.25) is 4.90 Å². The fraction of sp³-hybridized carbons (Fsp3) is 0.478. The lowest BCUT2D eigenvalue weighted by Gasteiger charge is -2.30. The largest absolute Gasteiger partial charge is 0.493 e. The number of nitrogens with zero attached hydrogens (tertiary/aromatic N) is 1. The number of anilines is 1. The molecule has 0 spiro atoms. The third-order valence-corrected chi connectivity index (χ3v) is 5.30. The summed E-state index contributed by atoms with van der Waals surface area (Å²) in [6.45, 7) is 6.06. The van der Waals surface area contributed by atoms with Crippen LogP contribution in [0.15, 0.2) is 36.4 Å². The average molecular weight is 369 g/mol. The number of unbranched alkanes of at least 4 members (excludes halogenated alkanes) is 2. The predicted molar refractivity (Wildman–Crippen MR) is 112 cm³/mol. The van der Waals surface area contributed by atoms with Gasteiger partial charge in [0, 0.05) is 30.9 Å². The zero-order valence-electron chi connectivity index (χ0n) is 16.7. The van der Waals surface area contributed by atoms with E-state index in [0.29, 0.717) is 0 Å². The summed E-state index contributed by atoms with van der Waals surface area (Å²) in [5.74, 6) is 1.82. The number of nitrogens with two attached hydrogens (primary N) is 1. The van der Waals surface area contributed by atoms with Crippen LogP contribution in [0.3, 0.4) is 0 Å². The van der Waals surface area contributed by atoms with E-state index in [2.05, 4.69) is 36.1 Å². The van der Waals surface area contributed by atoms with Crippen molar-refractivity contribution in [3.63, 3.8) is 0 Å². The van der Waals surface area contributed by atoms with Gasteiger partial charge in [0.25, 0.3) is 0 Å². The zero-order chi connectivity index (χ0) is 19.1. The number of hydrogen-bond acceptors (Lipinski definition) is 4. The zero-order valence-corrected chi connectivity index (χ0v) is 16.7. The number of fused-ring (bicyclic) bond motifs is 1. The summed E-state index contributed by atoms with van der Waals surface area (Å²) < 4.78 is 11.7. The molecule has 4 heteroatoms. The van der Waals surface area contributed by atoms with Gasteiger partial charge >= 0.3 is 0 Å². The van der Waals surface area contributed by atoms with E-state index in [1.54, 1.807) is 7.11 Å². The van der Waals surface area contributed by atoms with Crippen molar-refractivity contribution < 1.29 is 9.47 Å². The molecule has 0 amide bonds. The normalized spacial score (nSPS) is 14.0. The summed E-state index contributed by atoms with van der Waals surface area (Å²) in [6, 6.07) is 12.5. The first kappa shape index (κ1) is 19.6. The highest BCUT2D eigenvalue weighted by atomic mass is 16.5. The molecular formula is C23H32N2O2. The molecule has 4 nitrogen and oxygen atoms in total. The van der Waals surface area contributed by atoms with Crippen LogP contribution in [0.1, 0.15) is 42.9 Å². The quantitative estimate of drug-likeness (QED) is 0.525. The number of rotatable bonds is 9. The summed E-state index contributed by atoms with van der Waals surface area (Å²) in [6.07, 6.45) is 5.56. The molecule has 2 aromatic carbocycles. The monoisotopic (exact) mass is 368 g/mol. The molecule has 1 heterocycles. The fourth-order valence-electron chi connectivity index (χ4n) is 3.67. The first-order valence-corrected chi connectivity index (χ1v) is 10.1. The number of methoxy groups -OCH3 is 1. The van der Waals surface area contributed by atoms with Gasteiger partial charge in [0.1, 0.15) is 0 Å². The molecular weight excluding hydrogens is 336 g/mol. The van der Waals surface area contributed by atoms with E-state index in [0.717, 1.165) is 62.7 Å². The molecule has 0 fully saturated rings. The number of hydrogen-bond donors (Lipinski definition) is 1. The average Bonchev–Trinajstić information content (AvgIpc) is 2.70. The van der Waals surface area contributed by atoms with Crippen molar-refractivity contribution in [3.8, 4) is 11.5 Å². The van der Waals surface area contributed by atoms with Crippen LogP contribution in [0.5, 0.6) is 11.5 Å². The molecule has 0 atom stereocenters. The Balaban J connectivity index is 1.63. The standard InChI is InChI=1S/C23H32N2O2/c1-3-4-5-16-27-23-21-13-15-25(17-19(21)8-11-22(23)26-2)14-12-18-6-9-20(24)10-7-18/h6-11H,3-5,12-17,24H2,1-2H3. The summed E-state index contributed by atoms with van der Waals surface area (Å²) in [7, 11) is 1.72. The molecule has 0 saturated carbocycles. The highest BCUT2D eigenvalue weighted by molar-refractivity contribution is 5.51. The predicted octanol–water partition coefficient (Wildman–Crippen LogP) is 4.45. The van der Waals surface area contributed by atoms with Crippen molar-refractivity contribution in [2.24, 2.45) is 0 Å². The van der Waals surface area contributed by atoms with Crippen molar-refractivity contribution in [2.45, 2.75) is 45.6 Å². The Morgan fingerprint density at radius 2 is 1.89 bits per heavy atom. The molecule has 0 aromatic heterocycles. The third kappa shape index (κ3) is 5.16. The molecule has 3 rings (SSSR count). The maximum Gasteiger partial charge on any atom is 0.164 e. The van der Waals surface area contributed by atoms with Crippen molar-refractivity contribution in [2.75, 3.05) is 32.5 Å². The first-order chi connectivity index (χ1) is 13.2. The van der Waals surface area contributed by atoms with Crippen LogP contribution in [-0.2, 0) is 19.4 Å². The summed E-state index contributed by atoms with van der Waals surface area (Å²) in [5.41, 5.74) is 10.6. The molecule has 146 valence electrons. The lowest BCUT2D eigenvalue weighted by molar-refractivity contribution is 0.245. The Kier molecular flexibility index (Phi) is 6.99. The van der Waals surface area contributed by atoms with Gasteiger partial charge in [0.15, 0.2) is 11.5 Å². The second-order valence-electron chi connectivity index (χ2n) is 7.31. The number of benzene rings is 2. The van der Waals surface area contributed by atoms with Crippen molar-refractivity contribution in [1.29, 1.82) is 0 Å². The number of ether oxygens (including phenoxy) is 2. The Hall–Kier alpha value is -2.20. The minimum atomic E-state index is 0.765. The van der Waals surface area contributed by atoms with Gasteiger partial charge in [0.05, 0.1) is 13.7 Å². The van der Waals surface area contributed by atoms with Gasteiger partial charge in [-0.1, -0.05) is 38.0 Å². The number of nitrogen functional groups attached to an aromatic ring is 1. The molecule has 1 aliphatic heterocycles. The van der Waals surface area contributed by atoms with Gasteiger partial charge in [-0.15, -0.1) is 0 Å². The van der Waals surface area contributed by atoms with Gasteiger partial charge < -0.3 is 15.2 Å². The topological polar surface area (TPSA) is 47.7 Å². The summed E-state index contributed by atoms with van der Waals surface area (Å²) in [4.78, 5) is 2.52. The Morgan fingerprint density at radius 1 is 1.07 bits per heavy atom. The van der Waals surface area contributed by atoms with Crippen LogP contribution in [-0.4, -0.2) is 31.7 Å². The lowest BCUT2D eigenvalue weighted by atomic mass is 9.97. The van der Waals surface area contributed by atoms with Gasteiger partial charge in [-0.05, 0) is 48.6 Å².